The summed E-state index contributed by atoms with van der Waals surface area (Å²) in [6.07, 6.45) is 0. The van der Waals surface area contributed by atoms with E-state index in [4.69, 9.17) is 0 Å². The van der Waals surface area contributed by atoms with Gasteiger partial charge in [0.15, 0.2) is 0 Å². The Labute approximate surface area is 124 Å². The van der Waals surface area contributed by atoms with Gasteiger partial charge in [0.05, 0.1) is 0 Å². The Morgan fingerprint density at radius 3 is 2.43 bits per heavy atom. The van der Waals surface area contributed by atoms with Crippen molar-refractivity contribution in [2.75, 3.05) is 18.4 Å². The van der Waals surface area contributed by atoms with Crippen LogP contribution in [0.3, 0.4) is 0 Å². The summed E-state index contributed by atoms with van der Waals surface area (Å²) in [6, 6.07) is 13.5. The summed E-state index contributed by atoms with van der Waals surface area (Å²) in [4.78, 5) is -0.326. The maximum absolute atomic E-state index is 13.7. The van der Waals surface area contributed by atoms with Crippen molar-refractivity contribution in [1.82, 2.24) is 4.72 Å². The quantitative estimate of drug-likeness (QED) is 0.806. The number of para-hydroxylation sites is 1. The van der Waals surface area contributed by atoms with Crippen LogP contribution >= 0.6 is 0 Å². The molecule has 0 unspecified atom stereocenters. The summed E-state index contributed by atoms with van der Waals surface area (Å²) in [5.74, 6) is -0.737. The lowest BCUT2D eigenvalue weighted by Gasteiger charge is -2.09. The second kappa shape index (κ2) is 6.69. The number of anilines is 1. The molecular formula is C15H17FN2O2S. The zero-order chi connectivity index (χ0) is 15.3. The summed E-state index contributed by atoms with van der Waals surface area (Å²) < 4.78 is 40.1. The molecule has 6 heteroatoms. The number of aryl methyl sites for hydroxylation is 1. The molecule has 0 aliphatic heterocycles. The Balaban J connectivity index is 1.92. The fraction of sp³-hybridized carbons (Fsp3) is 0.200. The Hall–Kier alpha value is -1.92. The molecule has 0 aliphatic rings. The van der Waals surface area contributed by atoms with E-state index in [1.165, 1.54) is 12.1 Å². The summed E-state index contributed by atoms with van der Waals surface area (Å²) in [5.41, 5.74) is 1.58. The highest BCUT2D eigenvalue weighted by Gasteiger charge is 2.18. The smallest absolute Gasteiger partial charge is 0.243 e. The molecule has 0 fully saturated rings. The molecule has 0 radical (unpaired) electrons. The van der Waals surface area contributed by atoms with Crippen LogP contribution in [0.2, 0.25) is 0 Å². The van der Waals surface area contributed by atoms with Gasteiger partial charge < -0.3 is 5.32 Å². The normalized spacial score (nSPS) is 11.3. The first-order valence-corrected chi connectivity index (χ1v) is 8.02. The maximum Gasteiger partial charge on any atom is 0.243 e. The Kier molecular flexibility index (Phi) is 4.93. The molecule has 0 aromatic heterocycles. The van der Waals surface area contributed by atoms with Crippen LogP contribution in [0.5, 0.6) is 0 Å². The minimum Gasteiger partial charge on any atom is -0.384 e. The zero-order valence-corrected chi connectivity index (χ0v) is 12.5. The first-order valence-electron chi connectivity index (χ1n) is 6.54. The van der Waals surface area contributed by atoms with E-state index >= 15 is 0 Å². The molecule has 0 atom stereocenters. The average molecular weight is 308 g/mol. The first kappa shape index (κ1) is 15.5. The average Bonchev–Trinajstić information content (AvgIpc) is 2.44. The Morgan fingerprint density at radius 2 is 1.76 bits per heavy atom. The highest BCUT2D eigenvalue weighted by Crippen LogP contribution is 2.15. The van der Waals surface area contributed by atoms with Crippen LogP contribution in [0.1, 0.15) is 5.56 Å². The minimum atomic E-state index is -3.83. The molecule has 21 heavy (non-hydrogen) atoms. The standard InChI is InChI=1S/C15H17FN2O2S/c1-12-7-8-15(14(16)11-12)21(19,20)18-10-9-17-13-5-3-2-4-6-13/h2-8,11,17-18H,9-10H2,1H3. The van der Waals surface area contributed by atoms with E-state index in [-0.39, 0.29) is 11.4 Å². The van der Waals surface area contributed by atoms with Crippen LogP contribution in [0, 0.1) is 12.7 Å². The maximum atomic E-state index is 13.7. The molecule has 2 N–H and O–H groups in total. The molecule has 0 amide bonds. The highest BCUT2D eigenvalue weighted by molar-refractivity contribution is 7.89. The van der Waals surface area contributed by atoms with E-state index in [1.807, 2.05) is 30.3 Å². The second-order valence-corrected chi connectivity index (χ2v) is 6.36. The lowest BCUT2D eigenvalue weighted by atomic mass is 10.2. The lowest BCUT2D eigenvalue weighted by molar-refractivity contribution is 0.557. The van der Waals surface area contributed by atoms with Gasteiger partial charge in [-0.15, -0.1) is 0 Å². The van der Waals surface area contributed by atoms with E-state index in [1.54, 1.807) is 13.0 Å². The third-order valence-electron chi connectivity index (χ3n) is 2.90. The van der Waals surface area contributed by atoms with Crippen LogP contribution in [0.4, 0.5) is 10.1 Å². The number of nitrogens with one attached hydrogen (secondary N) is 2. The van der Waals surface area contributed by atoms with Crippen molar-refractivity contribution in [3.63, 3.8) is 0 Å². The van der Waals surface area contributed by atoms with Crippen molar-refractivity contribution in [3.8, 4) is 0 Å². The van der Waals surface area contributed by atoms with Crippen molar-refractivity contribution in [2.24, 2.45) is 0 Å². The van der Waals surface area contributed by atoms with Gasteiger partial charge in [-0.25, -0.2) is 17.5 Å². The fourth-order valence-electron chi connectivity index (χ4n) is 1.85. The zero-order valence-electron chi connectivity index (χ0n) is 11.6. The van der Waals surface area contributed by atoms with Gasteiger partial charge in [0.25, 0.3) is 0 Å². The molecule has 0 spiro atoms. The molecule has 0 saturated carbocycles. The predicted molar refractivity (Wildman–Crippen MR) is 81.3 cm³/mol. The van der Waals surface area contributed by atoms with Gasteiger partial charge in [-0.2, -0.15) is 0 Å². The fourth-order valence-corrected chi connectivity index (χ4v) is 2.94. The summed E-state index contributed by atoms with van der Waals surface area (Å²) in [6.45, 7) is 2.29. The largest absolute Gasteiger partial charge is 0.384 e. The number of benzene rings is 2. The second-order valence-electron chi connectivity index (χ2n) is 4.62. The van der Waals surface area contributed by atoms with Gasteiger partial charge in [0.1, 0.15) is 10.7 Å². The molecule has 0 heterocycles. The number of hydrogen-bond acceptors (Lipinski definition) is 3. The van der Waals surface area contributed by atoms with Gasteiger partial charge in [-0.1, -0.05) is 24.3 Å². The van der Waals surface area contributed by atoms with Crippen LogP contribution in [-0.4, -0.2) is 21.5 Å². The summed E-state index contributed by atoms with van der Waals surface area (Å²) in [5, 5.41) is 3.07. The van der Waals surface area contributed by atoms with Gasteiger partial charge in [-0.05, 0) is 36.8 Å². The Morgan fingerprint density at radius 1 is 1.05 bits per heavy atom. The van der Waals surface area contributed by atoms with E-state index in [0.29, 0.717) is 12.1 Å². The number of sulfonamides is 1. The molecule has 112 valence electrons. The van der Waals surface area contributed by atoms with Crippen molar-refractivity contribution in [1.29, 1.82) is 0 Å². The minimum absolute atomic E-state index is 0.171. The lowest BCUT2D eigenvalue weighted by Crippen LogP contribution is -2.29. The molecule has 2 aromatic rings. The van der Waals surface area contributed by atoms with E-state index in [0.717, 1.165) is 5.69 Å². The van der Waals surface area contributed by atoms with Crippen molar-refractivity contribution in [3.05, 3.63) is 59.9 Å². The topological polar surface area (TPSA) is 58.2 Å². The summed E-state index contributed by atoms with van der Waals surface area (Å²) >= 11 is 0. The third kappa shape index (κ3) is 4.27. The van der Waals surface area contributed by atoms with E-state index in [2.05, 4.69) is 10.0 Å². The van der Waals surface area contributed by atoms with Crippen LogP contribution in [-0.2, 0) is 10.0 Å². The van der Waals surface area contributed by atoms with Gasteiger partial charge in [0.2, 0.25) is 10.0 Å². The highest BCUT2D eigenvalue weighted by atomic mass is 32.2. The van der Waals surface area contributed by atoms with Crippen molar-refractivity contribution >= 4 is 15.7 Å². The Bertz CT molecular complexity index is 703. The van der Waals surface area contributed by atoms with E-state index < -0.39 is 15.8 Å². The molecule has 2 rings (SSSR count). The molecule has 4 nitrogen and oxygen atoms in total. The monoisotopic (exact) mass is 308 g/mol. The van der Waals surface area contributed by atoms with E-state index in [9.17, 15) is 12.8 Å². The van der Waals surface area contributed by atoms with Crippen molar-refractivity contribution < 1.29 is 12.8 Å². The van der Waals surface area contributed by atoms with Gasteiger partial charge in [0, 0.05) is 18.8 Å². The summed E-state index contributed by atoms with van der Waals surface area (Å²) in [7, 11) is -3.83. The van der Waals surface area contributed by atoms with Gasteiger partial charge in [-0.3, -0.25) is 0 Å². The molecule has 0 bridgehead atoms. The van der Waals surface area contributed by atoms with Crippen molar-refractivity contribution in [2.45, 2.75) is 11.8 Å². The van der Waals surface area contributed by atoms with Crippen LogP contribution in [0.15, 0.2) is 53.4 Å². The van der Waals surface area contributed by atoms with Crippen LogP contribution < -0.4 is 10.0 Å². The molecule has 0 saturated heterocycles. The SMILES string of the molecule is Cc1ccc(S(=O)(=O)NCCNc2ccccc2)c(F)c1. The molecule has 2 aromatic carbocycles. The number of rotatable bonds is 6. The third-order valence-corrected chi connectivity index (χ3v) is 4.39. The van der Waals surface area contributed by atoms with Crippen LogP contribution in [0.25, 0.3) is 0 Å². The van der Waals surface area contributed by atoms with Gasteiger partial charge >= 0.3 is 0 Å². The molecule has 0 aliphatic carbocycles. The molecular weight excluding hydrogens is 291 g/mol. The number of hydrogen-bond donors (Lipinski definition) is 2. The predicted octanol–water partition coefficient (Wildman–Crippen LogP) is 2.52. The number of halogens is 1. The first-order chi connectivity index (χ1) is 9.99.